The summed E-state index contributed by atoms with van der Waals surface area (Å²) in [5.41, 5.74) is 4.28. The molecule has 2 aromatic heterocycles. The Kier molecular flexibility index (Phi) is 5.74. The van der Waals surface area contributed by atoms with Crippen LogP contribution in [-0.2, 0) is 11.0 Å². The third-order valence-corrected chi connectivity index (χ3v) is 6.95. The van der Waals surface area contributed by atoms with Gasteiger partial charge in [0.1, 0.15) is 17.2 Å². The summed E-state index contributed by atoms with van der Waals surface area (Å²) in [5, 5.41) is 4.39. The van der Waals surface area contributed by atoms with Crippen molar-refractivity contribution < 1.29 is 26.7 Å². The molecule has 1 fully saturated rings. The van der Waals surface area contributed by atoms with Gasteiger partial charge in [-0.2, -0.15) is 18.3 Å². The van der Waals surface area contributed by atoms with Crippen LogP contribution in [0.3, 0.4) is 0 Å². The molecule has 3 heterocycles. The van der Waals surface area contributed by atoms with Crippen molar-refractivity contribution in [2.45, 2.75) is 25.4 Å². The Balaban J connectivity index is 1.54. The molecular formula is C28H20F5N5O. The molecule has 0 radical (unpaired) electrons. The third-order valence-electron chi connectivity index (χ3n) is 6.95. The number of rotatable bonds is 3. The highest BCUT2D eigenvalue weighted by atomic mass is 19.4. The van der Waals surface area contributed by atoms with E-state index in [0.717, 1.165) is 35.7 Å². The largest absolute Gasteiger partial charge is 0.435 e. The lowest BCUT2D eigenvalue weighted by Crippen LogP contribution is -2.35. The zero-order valence-corrected chi connectivity index (χ0v) is 20.3. The maximum Gasteiger partial charge on any atom is 0.435 e. The summed E-state index contributed by atoms with van der Waals surface area (Å²) in [7, 11) is 0. The van der Waals surface area contributed by atoms with Crippen LogP contribution in [0.15, 0.2) is 60.8 Å². The molecule has 6 rings (SSSR count). The average molecular weight is 537 g/mol. The zero-order valence-electron chi connectivity index (χ0n) is 20.3. The Morgan fingerprint density at radius 2 is 1.64 bits per heavy atom. The summed E-state index contributed by atoms with van der Waals surface area (Å²) < 4.78 is 74.0. The number of benzene rings is 3. The maximum absolute atomic E-state index is 16.1. The number of nitrogen functional groups attached to an aromatic ring is 1. The number of piperidine rings is 1. The number of carbonyl (C=O) groups excluding carboxylic acids is 1. The number of nitrogens with two attached hydrogens (primary N) is 1. The molecule has 39 heavy (non-hydrogen) atoms. The SMILES string of the molecule is Nc1nccc2ccc(-n3nc(C(F)(F)F)c4ccc(-c5ccc(N6CCCCC6=O)cc5F)c(F)c43)cc12. The van der Waals surface area contributed by atoms with Gasteiger partial charge in [0.25, 0.3) is 0 Å². The van der Waals surface area contributed by atoms with Crippen molar-refractivity contribution in [2.75, 3.05) is 17.2 Å². The summed E-state index contributed by atoms with van der Waals surface area (Å²) in [6, 6.07) is 12.4. The highest BCUT2D eigenvalue weighted by molar-refractivity contribution is 5.95. The van der Waals surface area contributed by atoms with E-state index in [0.29, 0.717) is 29.4 Å². The van der Waals surface area contributed by atoms with Crippen molar-refractivity contribution in [3.8, 4) is 16.8 Å². The summed E-state index contributed by atoms with van der Waals surface area (Å²) in [6.45, 7) is 0.448. The second kappa shape index (κ2) is 9.04. The van der Waals surface area contributed by atoms with E-state index in [1.54, 1.807) is 12.1 Å². The summed E-state index contributed by atoms with van der Waals surface area (Å²) in [4.78, 5) is 17.7. The van der Waals surface area contributed by atoms with E-state index in [4.69, 9.17) is 5.73 Å². The molecule has 1 saturated heterocycles. The van der Waals surface area contributed by atoms with Gasteiger partial charge in [0, 0.05) is 46.7 Å². The van der Waals surface area contributed by atoms with Crippen LogP contribution in [-0.4, -0.2) is 27.2 Å². The third kappa shape index (κ3) is 4.14. The highest BCUT2D eigenvalue weighted by Gasteiger charge is 2.38. The lowest BCUT2D eigenvalue weighted by atomic mass is 10.0. The zero-order chi connectivity index (χ0) is 27.5. The fraction of sp³-hybridized carbons (Fsp3) is 0.179. The van der Waals surface area contributed by atoms with Crippen LogP contribution in [0, 0.1) is 11.6 Å². The van der Waals surface area contributed by atoms with Crippen molar-refractivity contribution in [3.05, 3.63) is 78.1 Å². The van der Waals surface area contributed by atoms with E-state index in [2.05, 4.69) is 10.1 Å². The van der Waals surface area contributed by atoms with E-state index in [-0.39, 0.29) is 28.5 Å². The number of aromatic nitrogens is 3. The Labute approximate surface area is 218 Å². The Morgan fingerprint density at radius 3 is 2.38 bits per heavy atom. The van der Waals surface area contributed by atoms with Crippen LogP contribution < -0.4 is 10.6 Å². The van der Waals surface area contributed by atoms with Crippen LogP contribution in [0.1, 0.15) is 25.0 Å². The fourth-order valence-electron chi connectivity index (χ4n) is 5.05. The number of pyridine rings is 1. The molecule has 0 unspecified atom stereocenters. The molecule has 5 aromatic rings. The molecule has 1 aliphatic rings. The van der Waals surface area contributed by atoms with Crippen LogP contribution in [0.4, 0.5) is 33.5 Å². The van der Waals surface area contributed by atoms with E-state index < -0.39 is 34.4 Å². The van der Waals surface area contributed by atoms with Crippen LogP contribution in [0.25, 0.3) is 38.5 Å². The van der Waals surface area contributed by atoms with Gasteiger partial charge in [-0.25, -0.2) is 18.4 Å². The van der Waals surface area contributed by atoms with Crippen molar-refractivity contribution in [1.82, 2.24) is 14.8 Å². The van der Waals surface area contributed by atoms with E-state index in [1.165, 1.54) is 35.4 Å². The van der Waals surface area contributed by atoms with Gasteiger partial charge in [0.2, 0.25) is 5.91 Å². The molecule has 0 aliphatic carbocycles. The van der Waals surface area contributed by atoms with Gasteiger partial charge in [0.15, 0.2) is 11.5 Å². The minimum absolute atomic E-state index is 0.123. The molecule has 0 saturated carbocycles. The van der Waals surface area contributed by atoms with E-state index in [1.807, 2.05) is 0 Å². The topological polar surface area (TPSA) is 77.0 Å². The van der Waals surface area contributed by atoms with Gasteiger partial charge in [-0.15, -0.1) is 0 Å². The highest BCUT2D eigenvalue weighted by Crippen LogP contribution is 2.40. The number of nitrogens with zero attached hydrogens (tertiary/aromatic N) is 4. The normalized spacial score (nSPS) is 14.5. The van der Waals surface area contributed by atoms with Gasteiger partial charge in [0.05, 0.1) is 5.69 Å². The number of anilines is 2. The predicted molar refractivity (Wildman–Crippen MR) is 137 cm³/mol. The number of hydrogen-bond donors (Lipinski definition) is 1. The summed E-state index contributed by atoms with van der Waals surface area (Å²) in [6.07, 6.45) is -1.48. The van der Waals surface area contributed by atoms with E-state index >= 15 is 8.78 Å². The number of amides is 1. The smallest absolute Gasteiger partial charge is 0.383 e. The first-order chi connectivity index (χ1) is 18.6. The molecule has 198 valence electrons. The Morgan fingerprint density at radius 1 is 0.872 bits per heavy atom. The monoisotopic (exact) mass is 537 g/mol. The lowest BCUT2D eigenvalue weighted by Gasteiger charge is -2.27. The van der Waals surface area contributed by atoms with Crippen LogP contribution in [0.5, 0.6) is 0 Å². The van der Waals surface area contributed by atoms with Gasteiger partial charge < -0.3 is 10.6 Å². The average Bonchev–Trinajstić information content (AvgIpc) is 3.31. The summed E-state index contributed by atoms with van der Waals surface area (Å²) in [5.74, 6) is -1.86. The Hall–Kier alpha value is -4.54. The lowest BCUT2D eigenvalue weighted by molar-refractivity contribution is -0.140. The first-order valence-corrected chi connectivity index (χ1v) is 12.2. The first kappa shape index (κ1) is 24.8. The molecule has 0 atom stereocenters. The van der Waals surface area contributed by atoms with Gasteiger partial charge in [-0.1, -0.05) is 12.1 Å². The van der Waals surface area contributed by atoms with Crippen molar-refractivity contribution in [2.24, 2.45) is 0 Å². The second-order valence-electron chi connectivity index (χ2n) is 9.35. The molecule has 6 nitrogen and oxygen atoms in total. The maximum atomic E-state index is 16.1. The number of halogens is 5. The number of carbonyl (C=O) groups is 1. The van der Waals surface area contributed by atoms with Gasteiger partial charge in [-0.3, -0.25) is 4.79 Å². The van der Waals surface area contributed by atoms with E-state index in [9.17, 15) is 18.0 Å². The van der Waals surface area contributed by atoms with Gasteiger partial charge in [-0.05, 0) is 60.7 Å². The van der Waals surface area contributed by atoms with Crippen molar-refractivity contribution >= 4 is 39.1 Å². The molecule has 11 heteroatoms. The number of fused-ring (bicyclic) bond motifs is 2. The minimum atomic E-state index is -4.87. The first-order valence-electron chi connectivity index (χ1n) is 12.2. The molecular weight excluding hydrogens is 517 g/mol. The molecule has 0 spiro atoms. The van der Waals surface area contributed by atoms with Crippen molar-refractivity contribution in [3.63, 3.8) is 0 Å². The van der Waals surface area contributed by atoms with Crippen LogP contribution in [0.2, 0.25) is 0 Å². The molecule has 1 aliphatic heterocycles. The fourth-order valence-corrected chi connectivity index (χ4v) is 5.05. The second-order valence-corrected chi connectivity index (χ2v) is 9.35. The molecule has 2 N–H and O–H groups in total. The number of alkyl halides is 3. The quantitative estimate of drug-likeness (QED) is 0.262. The summed E-state index contributed by atoms with van der Waals surface area (Å²) >= 11 is 0. The molecule has 3 aromatic carbocycles. The number of hydrogen-bond acceptors (Lipinski definition) is 4. The van der Waals surface area contributed by atoms with Crippen LogP contribution >= 0.6 is 0 Å². The van der Waals surface area contributed by atoms with Gasteiger partial charge >= 0.3 is 6.18 Å². The molecule has 0 bridgehead atoms. The predicted octanol–water partition coefficient (Wildman–Crippen LogP) is 6.64. The Bertz CT molecular complexity index is 1780. The van der Waals surface area contributed by atoms with Crippen molar-refractivity contribution in [1.29, 1.82) is 0 Å². The molecule has 1 amide bonds. The standard InChI is InChI=1S/C28H20F5N5O/c29-22-14-16(37-12-2-1-3-23(37)39)6-7-18(22)19-8-9-20-25(24(19)30)38(36-26(20)28(31,32)33)17-5-4-15-10-11-35-27(34)21(15)13-17/h4-11,13-14H,1-3,12H2,(H2,34,35). The minimum Gasteiger partial charge on any atom is -0.383 e.